The molecule has 0 aliphatic carbocycles. The number of hydrogen-bond donors (Lipinski definition) is 0. The minimum absolute atomic E-state index is 0.151. The number of nitrogens with zero attached hydrogens (tertiary/aromatic N) is 2. The molecule has 0 saturated carbocycles. The molecule has 2 rings (SSSR count). The molecule has 1 heterocycles. The van der Waals surface area contributed by atoms with Gasteiger partial charge in [0.1, 0.15) is 5.76 Å². The van der Waals surface area contributed by atoms with Crippen LogP contribution in [0.25, 0.3) is 0 Å². The second kappa shape index (κ2) is 8.41. The Labute approximate surface area is 148 Å². The van der Waals surface area contributed by atoms with E-state index in [1.807, 2.05) is 6.92 Å². The summed E-state index contributed by atoms with van der Waals surface area (Å²) in [5.41, 5.74) is 0.443. The van der Waals surface area contributed by atoms with Crippen LogP contribution in [0.3, 0.4) is 0 Å². The lowest BCUT2D eigenvalue weighted by Gasteiger charge is -2.18. The first kappa shape index (κ1) is 17.9. The Hall–Kier alpha value is -2.46. The zero-order valence-corrected chi connectivity index (χ0v) is 15.0. The van der Waals surface area contributed by atoms with Crippen molar-refractivity contribution >= 4 is 21.8 Å². The molecule has 0 fully saturated rings. The van der Waals surface area contributed by atoms with Crippen LogP contribution in [0.2, 0.25) is 0 Å². The number of hydrogen-bond acceptors (Lipinski definition) is 5. The van der Waals surface area contributed by atoms with E-state index >= 15 is 0 Å². The van der Waals surface area contributed by atoms with Crippen LogP contribution in [0.4, 0.5) is 0 Å². The van der Waals surface area contributed by atoms with Gasteiger partial charge in [-0.25, -0.2) is 0 Å². The average molecular weight is 393 g/mol. The molecule has 0 atom stereocenters. The number of amides is 1. The molecular formula is C17H17BrN2O4. The predicted octanol–water partition coefficient (Wildman–Crippen LogP) is 3.35. The Balaban J connectivity index is 2.05. The third-order valence-electron chi connectivity index (χ3n) is 3.18. The number of carbonyl (C=O) groups excluding carboxylic acids is 1. The molecule has 0 aliphatic heterocycles. The van der Waals surface area contributed by atoms with Crippen molar-refractivity contribution in [2.75, 3.05) is 20.3 Å². The summed E-state index contributed by atoms with van der Waals surface area (Å²) < 4.78 is 16.9. The lowest BCUT2D eigenvalue weighted by molar-refractivity contribution is -0.132. The Morgan fingerprint density at radius 1 is 1.42 bits per heavy atom. The fourth-order valence-electron chi connectivity index (χ4n) is 2.00. The van der Waals surface area contributed by atoms with Crippen molar-refractivity contribution in [1.29, 1.82) is 5.26 Å². The van der Waals surface area contributed by atoms with Gasteiger partial charge in [-0.3, -0.25) is 4.79 Å². The van der Waals surface area contributed by atoms with Crippen molar-refractivity contribution in [3.8, 4) is 17.6 Å². The van der Waals surface area contributed by atoms with Crippen molar-refractivity contribution in [3.05, 3.63) is 46.3 Å². The van der Waals surface area contributed by atoms with Gasteiger partial charge in [0.2, 0.25) is 0 Å². The number of nitriles is 1. The Morgan fingerprint density at radius 3 is 2.83 bits per heavy atom. The molecule has 0 N–H and O–H groups in total. The highest BCUT2D eigenvalue weighted by molar-refractivity contribution is 9.10. The van der Waals surface area contributed by atoms with Crippen molar-refractivity contribution < 1.29 is 18.7 Å². The van der Waals surface area contributed by atoms with Crippen molar-refractivity contribution in [1.82, 2.24) is 4.90 Å². The largest absolute Gasteiger partial charge is 0.490 e. The van der Waals surface area contributed by atoms with E-state index in [1.54, 1.807) is 37.6 Å². The third-order valence-corrected chi connectivity index (χ3v) is 3.77. The maximum absolute atomic E-state index is 12.2. The molecule has 6 nitrogen and oxygen atoms in total. The van der Waals surface area contributed by atoms with Crippen molar-refractivity contribution in [2.24, 2.45) is 0 Å². The first-order valence-corrected chi connectivity index (χ1v) is 8.10. The molecular weight excluding hydrogens is 376 g/mol. The first-order chi connectivity index (χ1) is 11.5. The van der Waals surface area contributed by atoms with Crippen LogP contribution >= 0.6 is 15.9 Å². The summed E-state index contributed by atoms with van der Waals surface area (Å²) in [6, 6.07) is 8.83. The van der Waals surface area contributed by atoms with E-state index in [0.29, 0.717) is 40.4 Å². The standard InChI is InChI=1S/C17H17BrN2O4/c1-3-22-15-8-12(9-19)7-14(18)17(15)24-11-16(21)20(2)10-13-5-4-6-23-13/h4-8H,3,10-11H2,1-2H3. The van der Waals surface area contributed by atoms with Crippen LogP contribution < -0.4 is 9.47 Å². The second-order valence-electron chi connectivity index (χ2n) is 4.95. The first-order valence-electron chi connectivity index (χ1n) is 7.30. The normalized spacial score (nSPS) is 10.1. The monoisotopic (exact) mass is 392 g/mol. The van der Waals surface area contributed by atoms with Gasteiger partial charge in [0.15, 0.2) is 18.1 Å². The number of likely N-dealkylation sites (N-methyl/N-ethyl adjacent to an activating group) is 1. The maximum atomic E-state index is 12.2. The van der Waals surface area contributed by atoms with Gasteiger partial charge in [0.05, 0.1) is 35.5 Å². The van der Waals surface area contributed by atoms with Gasteiger partial charge < -0.3 is 18.8 Å². The Bertz CT molecular complexity index is 738. The molecule has 0 saturated heterocycles. The zero-order chi connectivity index (χ0) is 17.5. The van der Waals surface area contributed by atoms with Crippen LogP contribution in [0.1, 0.15) is 18.2 Å². The lowest BCUT2D eigenvalue weighted by Crippen LogP contribution is -2.30. The quantitative estimate of drug-likeness (QED) is 0.721. The molecule has 0 spiro atoms. The van der Waals surface area contributed by atoms with E-state index in [0.717, 1.165) is 0 Å². The molecule has 1 amide bonds. The van der Waals surface area contributed by atoms with Crippen LogP contribution in [0.5, 0.6) is 11.5 Å². The van der Waals surface area contributed by atoms with E-state index in [9.17, 15) is 4.79 Å². The van der Waals surface area contributed by atoms with Gasteiger partial charge in [-0.2, -0.15) is 5.26 Å². The summed E-state index contributed by atoms with van der Waals surface area (Å²) in [6.07, 6.45) is 1.56. The molecule has 0 radical (unpaired) electrons. The fourth-order valence-corrected chi connectivity index (χ4v) is 2.56. The molecule has 126 valence electrons. The van der Waals surface area contributed by atoms with E-state index in [-0.39, 0.29) is 12.5 Å². The Morgan fingerprint density at radius 2 is 2.21 bits per heavy atom. The van der Waals surface area contributed by atoms with Crippen LogP contribution in [-0.2, 0) is 11.3 Å². The van der Waals surface area contributed by atoms with E-state index in [2.05, 4.69) is 22.0 Å². The summed E-state index contributed by atoms with van der Waals surface area (Å²) in [6.45, 7) is 2.47. The average Bonchev–Trinajstić information content (AvgIpc) is 3.06. The van der Waals surface area contributed by atoms with Crippen molar-refractivity contribution in [3.63, 3.8) is 0 Å². The van der Waals surface area contributed by atoms with Crippen LogP contribution in [0, 0.1) is 11.3 Å². The third kappa shape index (κ3) is 4.52. The highest BCUT2D eigenvalue weighted by atomic mass is 79.9. The lowest BCUT2D eigenvalue weighted by atomic mass is 10.2. The molecule has 7 heteroatoms. The molecule has 1 aromatic heterocycles. The van der Waals surface area contributed by atoms with Gasteiger partial charge in [0.25, 0.3) is 5.91 Å². The topological polar surface area (TPSA) is 75.7 Å². The predicted molar refractivity (Wildman–Crippen MR) is 90.7 cm³/mol. The minimum Gasteiger partial charge on any atom is -0.490 e. The fraction of sp³-hybridized carbons (Fsp3) is 0.294. The van der Waals surface area contributed by atoms with Gasteiger partial charge >= 0.3 is 0 Å². The highest BCUT2D eigenvalue weighted by Gasteiger charge is 2.16. The van der Waals surface area contributed by atoms with E-state index < -0.39 is 0 Å². The van der Waals surface area contributed by atoms with Gasteiger partial charge in [-0.05, 0) is 41.1 Å². The van der Waals surface area contributed by atoms with E-state index in [4.69, 9.17) is 19.2 Å². The SMILES string of the molecule is CCOc1cc(C#N)cc(Br)c1OCC(=O)N(C)Cc1ccco1. The number of carbonyl (C=O) groups is 1. The summed E-state index contributed by atoms with van der Waals surface area (Å²) >= 11 is 3.35. The number of furan rings is 1. The molecule has 1 aromatic carbocycles. The van der Waals surface area contributed by atoms with Crippen LogP contribution in [0.15, 0.2) is 39.4 Å². The molecule has 0 aliphatic rings. The smallest absolute Gasteiger partial charge is 0.260 e. The highest BCUT2D eigenvalue weighted by Crippen LogP contribution is 2.36. The van der Waals surface area contributed by atoms with E-state index in [1.165, 1.54) is 4.90 Å². The Kier molecular flexibility index (Phi) is 6.27. The van der Waals surface area contributed by atoms with Crippen molar-refractivity contribution in [2.45, 2.75) is 13.5 Å². The van der Waals surface area contributed by atoms with Gasteiger partial charge in [-0.1, -0.05) is 0 Å². The summed E-state index contributed by atoms with van der Waals surface area (Å²) in [7, 11) is 1.67. The van der Waals surface area contributed by atoms with Gasteiger partial charge in [-0.15, -0.1) is 0 Å². The maximum Gasteiger partial charge on any atom is 0.260 e. The molecule has 0 bridgehead atoms. The molecule has 2 aromatic rings. The molecule has 24 heavy (non-hydrogen) atoms. The summed E-state index contributed by atoms with van der Waals surface area (Å²) in [5.74, 6) is 1.31. The summed E-state index contributed by atoms with van der Waals surface area (Å²) in [4.78, 5) is 13.7. The number of benzene rings is 1. The van der Waals surface area contributed by atoms with Gasteiger partial charge in [0, 0.05) is 13.1 Å². The second-order valence-corrected chi connectivity index (χ2v) is 5.80. The summed E-state index contributed by atoms with van der Waals surface area (Å²) in [5, 5.41) is 9.02. The minimum atomic E-state index is -0.204. The van der Waals surface area contributed by atoms with Crippen LogP contribution in [-0.4, -0.2) is 31.1 Å². The zero-order valence-electron chi connectivity index (χ0n) is 13.4. The molecule has 0 unspecified atom stereocenters. The number of ether oxygens (including phenoxy) is 2. The number of rotatable bonds is 7. The number of halogens is 1.